The average Bonchev–Trinajstić information content (AvgIpc) is 3.01. The maximum atomic E-state index is 12.1. The largest absolute Gasteiger partial charge is 0.339 e. The minimum atomic E-state index is -0.0180. The molecule has 3 nitrogen and oxygen atoms in total. The normalized spacial score (nSPS) is 14.6. The summed E-state index contributed by atoms with van der Waals surface area (Å²) >= 11 is 3.40. The molecule has 1 heterocycles. The number of carbonyl (C=O) groups is 1. The number of hydrogen-bond acceptors (Lipinski definition) is 1. The van der Waals surface area contributed by atoms with Crippen LogP contribution in [-0.4, -0.2) is 29.0 Å². The molecule has 1 fully saturated rings. The minimum absolute atomic E-state index is 0.0180. The number of carbonyl (C=O) groups excluding carboxylic acids is 1. The van der Waals surface area contributed by atoms with Crippen molar-refractivity contribution in [1.82, 2.24) is 9.47 Å². The van der Waals surface area contributed by atoms with Crippen LogP contribution in [0.2, 0.25) is 0 Å². The van der Waals surface area contributed by atoms with E-state index in [1.807, 2.05) is 16.8 Å². The van der Waals surface area contributed by atoms with E-state index in [4.69, 9.17) is 6.42 Å². The molecule has 0 N–H and O–H groups in total. The van der Waals surface area contributed by atoms with Gasteiger partial charge in [0.25, 0.3) is 5.91 Å². The van der Waals surface area contributed by atoms with Gasteiger partial charge in [-0.2, -0.15) is 0 Å². The third-order valence-corrected chi connectivity index (χ3v) is 3.08. The van der Waals surface area contributed by atoms with E-state index in [0.717, 1.165) is 17.3 Å². The summed E-state index contributed by atoms with van der Waals surface area (Å²) in [5, 5.41) is 0. The maximum absolute atomic E-state index is 12.1. The molecule has 0 radical (unpaired) electrons. The molecule has 0 unspecified atom stereocenters. The summed E-state index contributed by atoms with van der Waals surface area (Å²) in [6.45, 7) is 0.340. The molecule has 1 aliphatic carbocycles. The second-order valence-corrected chi connectivity index (χ2v) is 4.96. The average molecular weight is 281 g/mol. The van der Waals surface area contributed by atoms with E-state index < -0.39 is 0 Å². The van der Waals surface area contributed by atoms with Crippen LogP contribution >= 0.6 is 15.9 Å². The van der Waals surface area contributed by atoms with Crippen molar-refractivity contribution in [3.63, 3.8) is 0 Å². The van der Waals surface area contributed by atoms with Crippen LogP contribution < -0.4 is 0 Å². The van der Waals surface area contributed by atoms with Crippen molar-refractivity contribution >= 4 is 21.8 Å². The van der Waals surface area contributed by atoms with Crippen molar-refractivity contribution in [1.29, 1.82) is 0 Å². The van der Waals surface area contributed by atoms with Gasteiger partial charge in [-0.05, 0) is 34.8 Å². The first kappa shape index (κ1) is 11.3. The summed E-state index contributed by atoms with van der Waals surface area (Å²) in [6.07, 6.45) is 9.47. The predicted molar refractivity (Wildman–Crippen MR) is 66.2 cm³/mol. The number of terminal acetylenes is 1. The topological polar surface area (TPSA) is 25.2 Å². The summed E-state index contributed by atoms with van der Waals surface area (Å²) in [7, 11) is 1.72. The summed E-state index contributed by atoms with van der Waals surface area (Å²) in [6, 6.07) is 2.35. The third-order valence-electron chi connectivity index (χ3n) is 2.65. The smallest absolute Gasteiger partial charge is 0.271 e. The van der Waals surface area contributed by atoms with Crippen molar-refractivity contribution < 1.29 is 4.79 Å². The predicted octanol–water partition coefficient (Wildman–Crippen LogP) is 2.29. The fourth-order valence-electron chi connectivity index (χ4n) is 1.68. The second-order valence-electron chi connectivity index (χ2n) is 4.05. The molecule has 84 valence electrons. The van der Waals surface area contributed by atoms with Gasteiger partial charge in [0.2, 0.25) is 0 Å². The lowest BCUT2D eigenvalue weighted by Crippen LogP contribution is -2.28. The Labute approximate surface area is 104 Å². The minimum Gasteiger partial charge on any atom is -0.339 e. The van der Waals surface area contributed by atoms with Crippen LogP contribution in [0.4, 0.5) is 0 Å². The van der Waals surface area contributed by atoms with Gasteiger partial charge in [-0.15, -0.1) is 6.42 Å². The highest BCUT2D eigenvalue weighted by molar-refractivity contribution is 9.10. The van der Waals surface area contributed by atoms with Crippen molar-refractivity contribution in [2.45, 2.75) is 18.9 Å². The summed E-state index contributed by atoms with van der Waals surface area (Å²) in [5.74, 6) is 2.46. The molecule has 0 aliphatic heterocycles. The molecule has 0 saturated heterocycles. The first-order valence-corrected chi connectivity index (χ1v) is 5.99. The molecule has 16 heavy (non-hydrogen) atoms. The van der Waals surface area contributed by atoms with Crippen LogP contribution in [-0.2, 0) is 0 Å². The van der Waals surface area contributed by atoms with E-state index in [-0.39, 0.29) is 5.91 Å². The second kappa shape index (κ2) is 4.34. The van der Waals surface area contributed by atoms with Gasteiger partial charge in [0.1, 0.15) is 5.69 Å². The SMILES string of the molecule is C#CCN(C)C(=O)c1cc(Br)cn1C1CC1. The number of amides is 1. The lowest BCUT2D eigenvalue weighted by molar-refractivity contribution is 0.0802. The number of aromatic nitrogens is 1. The number of hydrogen-bond donors (Lipinski definition) is 0. The number of nitrogens with zero attached hydrogens (tertiary/aromatic N) is 2. The molecule has 1 aromatic heterocycles. The van der Waals surface area contributed by atoms with Crippen LogP contribution in [0.25, 0.3) is 0 Å². The number of halogens is 1. The summed E-state index contributed by atoms with van der Waals surface area (Å²) in [4.78, 5) is 13.6. The quantitative estimate of drug-likeness (QED) is 0.780. The number of rotatable bonds is 3. The highest BCUT2D eigenvalue weighted by atomic mass is 79.9. The van der Waals surface area contributed by atoms with E-state index in [2.05, 4.69) is 21.9 Å². The monoisotopic (exact) mass is 280 g/mol. The first-order valence-electron chi connectivity index (χ1n) is 5.19. The van der Waals surface area contributed by atoms with Crippen molar-refractivity contribution in [2.24, 2.45) is 0 Å². The highest BCUT2D eigenvalue weighted by Gasteiger charge is 2.28. The highest BCUT2D eigenvalue weighted by Crippen LogP contribution is 2.37. The molecular weight excluding hydrogens is 268 g/mol. The van der Waals surface area contributed by atoms with Crippen molar-refractivity contribution in [3.8, 4) is 12.3 Å². The molecular formula is C12H13BrN2O. The van der Waals surface area contributed by atoms with Crippen LogP contribution in [0.1, 0.15) is 29.4 Å². The lowest BCUT2D eigenvalue weighted by Gasteiger charge is -2.15. The zero-order valence-corrected chi connectivity index (χ0v) is 10.7. The lowest BCUT2D eigenvalue weighted by atomic mass is 10.3. The zero-order chi connectivity index (χ0) is 11.7. The van der Waals surface area contributed by atoms with Gasteiger partial charge >= 0.3 is 0 Å². The Kier molecular flexibility index (Phi) is 3.06. The molecule has 0 spiro atoms. The zero-order valence-electron chi connectivity index (χ0n) is 9.11. The van der Waals surface area contributed by atoms with Gasteiger partial charge in [-0.25, -0.2) is 0 Å². The first-order chi connectivity index (χ1) is 7.63. The van der Waals surface area contributed by atoms with Gasteiger partial charge in [-0.3, -0.25) is 4.79 Å². The fraction of sp³-hybridized carbons (Fsp3) is 0.417. The van der Waals surface area contributed by atoms with Gasteiger partial charge in [0.15, 0.2) is 0 Å². The molecule has 4 heteroatoms. The van der Waals surface area contributed by atoms with Crippen LogP contribution in [0, 0.1) is 12.3 Å². The van der Waals surface area contributed by atoms with E-state index in [9.17, 15) is 4.79 Å². The van der Waals surface area contributed by atoms with Crippen LogP contribution in [0.5, 0.6) is 0 Å². The third kappa shape index (κ3) is 2.14. The summed E-state index contributed by atoms with van der Waals surface area (Å²) < 4.78 is 2.98. The van der Waals surface area contributed by atoms with E-state index in [1.54, 1.807) is 11.9 Å². The molecule has 0 atom stereocenters. The van der Waals surface area contributed by atoms with Gasteiger partial charge < -0.3 is 9.47 Å². The Morgan fingerprint density at radius 2 is 2.44 bits per heavy atom. The molecule has 1 aromatic rings. The fourth-order valence-corrected chi connectivity index (χ4v) is 2.11. The van der Waals surface area contributed by atoms with Gasteiger partial charge in [-0.1, -0.05) is 5.92 Å². The van der Waals surface area contributed by atoms with Crippen LogP contribution in [0.3, 0.4) is 0 Å². The van der Waals surface area contributed by atoms with E-state index in [0.29, 0.717) is 18.3 Å². The van der Waals surface area contributed by atoms with E-state index in [1.165, 1.54) is 0 Å². The Bertz CT molecular complexity index is 454. The Balaban J connectivity index is 2.25. The molecule has 1 aliphatic rings. The molecule has 2 rings (SSSR count). The molecule has 0 bridgehead atoms. The molecule has 1 saturated carbocycles. The van der Waals surface area contributed by atoms with Gasteiger partial charge in [0, 0.05) is 23.8 Å². The Morgan fingerprint density at radius 1 is 1.75 bits per heavy atom. The van der Waals surface area contributed by atoms with Crippen LogP contribution in [0.15, 0.2) is 16.7 Å². The maximum Gasteiger partial charge on any atom is 0.271 e. The van der Waals surface area contributed by atoms with Crippen molar-refractivity contribution in [3.05, 3.63) is 22.4 Å². The Hall–Kier alpha value is -1.21. The standard InChI is InChI=1S/C12H13BrN2O/c1-3-6-14(2)12(16)11-7-9(13)8-15(11)10-4-5-10/h1,7-8,10H,4-6H2,2H3. The van der Waals surface area contributed by atoms with Gasteiger partial charge in [0.05, 0.1) is 6.54 Å². The Morgan fingerprint density at radius 3 is 3.00 bits per heavy atom. The van der Waals surface area contributed by atoms with Crippen molar-refractivity contribution in [2.75, 3.05) is 13.6 Å². The molecule has 1 amide bonds. The van der Waals surface area contributed by atoms with E-state index >= 15 is 0 Å². The summed E-state index contributed by atoms with van der Waals surface area (Å²) in [5.41, 5.74) is 0.715. The molecule has 0 aromatic carbocycles.